The molecule has 0 spiro atoms. The number of rotatable bonds is 7. The molecule has 1 aromatic heterocycles. The third kappa shape index (κ3) is 4.56. The van der Waals surface area contributed by atoms with E-state index >= 15 is 0 Å². The Morgan fingerprint density at radius 3 is 2.74 bits per heavy atom. The molecule has 9 heteroatoms. The van der Waals surface area contributed by atoms with Crippen molar-refractivity contribution in [3.05, 3.63) is 93.9 Å². The molecule has 3 aromatic carbocycles. The average Bonchev–Trinajstić information content (AvgIpc) is 3.30. The summed E-state index contributed by atoms with van der Waals surface area (Å²) in [5, 5.41) is 13.7. The third-order valence-electron chi connectivity index (χ3n) is 5.62. The molecule has 0 amide bonds. The molecule has 0 N–H and O–H groups in total. The van der Waals surface area contributed by atoms with Gasteiger partial charge in [-0.1, -0.05) is 48.5 Å². The van der Waals surface area contributed by atoms with Crippen molar-refractivity contribution < 1.29 is 23.9 Å². The Bertz CT molecular complexity index is 1440. The molecule has 0 fully saturated rings. The Balaban J connectivity index is 1.34. The molecule has 2 heterocycles. The Labute approximate surface area is 200 Å². The van der Waals surface area contributed by atoms with E-state index in [4.69, 9.17) is 14.2 Å². The maximum atomic E-state index is 12.7. The van der Waals surface area contributed by atoms with E-state index in [-0.39, 0.29) is 24.5 Å². The number of para-hydroxylation sites is 1. The van der Waals surface area contributed by atoms with Gasteiger partial charge in [0.05, 0.1) is 0 Å². The lowest BCUT2D eigenvalue weighted by Crippen LogP contribution is -2.19. The van der Waals surface area contributed by atoms with Crippen LogP contribution in [0.2, 0.25) is 0 Å². The van der Waals surface area contributed by atoms with Crippen LogP contribution in [0.4, 0.5) is 5.82 Å². The molecule has 1 aliphatic heterocycles. The van der Waals surface area contributed by atoms with Crippen molar-refractivity contribution in [2.75, 3.05) is 19.8 Å². The molecular weight excluding hydrogens is 450 g/mol. The number of nitro groups is 1. The van der Waals surface area contributed by atoms with Gasteiger partial charge < -0.3 is 24.3 Å². The SMILES string of the molecule is O=C(OCCn1c([N+](=O)[O-])cnc1/C=C\c1cccc2ccccc12)c1cccc2c1OCCO2. The number of aromatic nitrogens is 2. The second kappa shape index (κ2) is 9.68. The average molecular weight is 471 g/mol. The predicted molar refractivity (Wildman–Crippen MR) is 129 cm³/mol. The summed E-state index contributed by atoms with van der Waals surface area (Å²) in [6, 6.07) is 18.9. The fourth-order valence-electron chi connectivity index (χ4n) is 3.99. The van der Waals surface area contributed by atoms with Gasteiger partial charge in [-0.25, -0.2) is 14.3 Å². The van der Waals surface area contributed by atoms with Gasteiger partial charge in [0.25, 0.3) is 0 Å². The second-order valence-electron chi connectivity index (χ2n) is 7.75. The summed E-state index contributed by atoms with van der Waals surface area (Å²) < 4.78 is 17.9. The molecule has 176 valence electrons. The molecule has 5 rings (SSSR count). The van der Waals surface area contributed by atoms with Crippen LogP contribution in [0.3, 0.4) is 0 Å². The summed E-state index contributed by atoms with van der Waals surface area (Å²) in [6.07, 6.45) is 4.78. The number of esters is 1. The lowest BCUT2D eigenvalue weighted by Gasteiger charge is -2.20. The van der Waals surface area contributed by atoms with Crippen LogP contribution < -0.4 is 9.47 Å². The fraction of sp³-hybridized carbons (Fsp3) is 0.154. The van der Waals surface area contributed by atoms with E-state index in [1.54, 1.807) is 24.3 Å². The minimum absolute atomic E-state index is 0.0592. The molecule has 0 saturated heterocycles. The van der Waals surface area contributed by atoms with Crippen molar-refractivity contribution in [3.8, 4) is 11.5 Å². The van der Waals surface area contributed by atoms with Gasteiger partial charge in [0.2, 0.25) is 5.82 Å². The second-order valence-corrected chi connectivity index (χ2v) is 7.75. The van der Waals surface area contributed by atoms with E-state index in [2.05, 4.69) is 4.98 Å². The minimum Gasteiger partial charge on any atom is -0.486 e. The standard InChI is InChI=1S/C26H21N3O6/c30-26(21-9-4-10-22-25(21)34-16-15-33-22)35-14-13-28-23(27-17-24(28)29(31)32)12-11-19-7-3-6-18-5-1-2-8-20(18)19/h1-12,17H,13-16H2/b12-11-. The van der Waals surface area contributed by atoms with E-state index in [1.165, 1.54) is 10.8 Å². The van der Waals surface area contributed by atoms with Gasteiger partial charge in [-0.3, -0.25) is 0 Å². The number of ether oxygens (including phenoxy) is 3. The van der Waals surface area contributed by atoms with Gasteiger partial charge in [0.15, 0.2) is 11.5 Å². The van der Waals surface area contributed by atoms with Crippen LogP contribution in [-0.4, -0.2) is 40.3 Å². The smallest absolute Gasteiger partial charge is 0.343 e. The molecule has 35 heavy (non-hydrogen) atoms. The highest BCUT2D eigenvalue weighted by atomic mass is 16.6. The predicted octanol–water partition coefficient (Wildman–Crippen LogP) is 4.74. The van der Waals surface area contributed by atoms with Crippen molar-refractivity contribution in [1.29, 1.82) is 0 Å². The maximum Gasteiger partial charge on any atom is 0.343 e. The summed E-state index contributed by atoms with van der Waals surface area (Å²) in [7, 11) is 0. The van der Waals surface area contributed by atoms with E-state index in [9.17, 15) is 14.9 Å². The zero-order valence-corrected chi connectivity index (χ0v) is 18.6. The number of fused-ring (bicyclic) bond motifs is 2. The summed E-state index contributed by atoms with van der Waals surface area (Å²) >= 11 is 0. The van der Waals surface area contributed by atoms with Crippen LogP contribution in [0, 0.1) is 10.1 Å². The van der Waals surface area contributed by atoms with Crippen LogP contribution in [0.1, 0.15) is 21.7 Å². The lowest BCUT2D eigenvalue weighted by molar-refractivity contribution is -0.392. The molecule has 0 aliphatic carbocycles. The highest BCUT2D eigenvalue weighted by Crippen LogP contribution is 2.34. The number of imidazole rings is 1. The van der Waals surface area contributed by atoms with E-state index in [1.807, 2.05) is 48.5 Å². The first-order valence-corrected chi connectivity index (χ1v) is 11.0. The molecule has 0 radical (unpaired) electrons. The first kappa shape index (κ1) is 22.1. The van der Waals surface area contributed by atoms with Crippen LogP contribution in [-0.2, 0) is 11.3 Å². The summed E-state index contributed by atoms with van der Waals surface area (Å²) in [6.45, 7) is 0.717. The van der Waals surface area contributed by atoms with Crippen molar-refractivity contribution in [1.82, 2.24) is 9.55 Å². The fourth-order valence-corrected chi connectivity index (χ4v) is 3.99. The number of benzene rings is 3. The van der Waals surface area contributed by atoms with Gasteiger partial charge in [0.1, 0.15) is 38.1 Å². The number of carbonyl (C=O) groups is 1. The van der Waals surface area contributed by atoms with Gasteiger partial charge in [-0.05, 0) is 39.5 Å². The van der Waals surface area contributed by atoms with Gasteiger partial charge in [-0.2, -0.15) is 0 Å². The zero-order valence-electron chi connectivity index (χ0n) is 18.6. The van der Waals surface area contributed by atoms with Crippen molar-refractivity contribution >= 4 is 34.7 Å². The van der Waals surface area contributed by atoms with E-state index < -0.39 is 10.9 Å². The van der Waals surface area contributed by atoms with Crippen molar-refractivity contribution in [2.45, 2.75) is 6.54 Å². The number of nitrogens with zero attached hydrogens (tertiary/aromatic N) is 3. The van der Waals surface area contributed by atoms with Crippen LogP contribution in [0.25, 0.3) is 22.9 Å². The third-order valence-corrected chi connectivity index (χ3v) is 5.62. The molecule has 4 aromatic rings. The topological polar surface area (TPSA) is 106 Å². The van der Waals surface area contributed by atoms with Crippen LogP contribution >= 0.6 is 0 Å². The number of hydrogen-bond donors (Lipinski definition) is 0. The molecular formula is C26H21N3O6. The number of hydrogen-bond acceptors (Lipinski definition) is 7. The molecule has 1 aliphatic rings. The first-order valence-electron chi connectivity index (χ1n) is 11.0. The first-order chi connectivity index (χ1) is 17.1. The minimum atomic E-state index is -0.594. The van der Waals surface area contributed by atoms with E-state index in [0.717, 1.165) is 16.3 Å². The highest BCUT2D eigenvalue weighted by molar-refractivity contribution is 5.94. The largest absolute Gasteiger partial charge is 0.486 e. The molecule has 9 nitrogen and oxygen atoms in total. The number of carbonyl (C=O) groups excluding carboxylic acids is 1. The maximum absolute atomic E-state index is 12.7. The lowest BCUT2D eigenvalue weighted by atomic mass is 10.0. The van der Waals surface area contributed by atoms with E-state index in [0.29, 0.717) is 30.5 Å². The Kier molecular flexibility index (Phi) is 6.13. The molecule has 0 bridgehead atoms. The van der Waals surface area contributed by atoms with Gasteiger partial charge in [-0.15, -0.1) is 0 Å². The van der Waals surface area contributed by atoms with Gasteiger partial charge in [0, 0.05) is 6.08 Å². The molecule has 0 saturated carbocycles. The van der Waals surface area contributed by atoms with Crippen LogP contribution in [0.15, 0.2) is 66.9 Å². The van der Waals surface area contributed by atoms with Crippen molar-refractivity contribution in [3.63, 3.8) is 0 Å². The Morgan fingerprint density at radius 1 is 1.06 bits per heavy atom. The summed E-state index contributed by atoms with van der Waals surface area (Å²) in [4.78, 5) is 27.9. The monoisotopic (exact) mass is 471 g/mol. The van der Waals surface area contributed by atoms with Gasteiger partial charge >= 0.3 is 11.8 Å². The zero-order chi connectivity index (χ0) is 24.2. The Hall–Kier alpha value is -4.66. The quantitative estimate of drug-likeness (QED) is 0.218. The highest BCUT2D eigenvalue weighted by Gasteiger charge is 2.23. The van der Waals surface area contributed by atoms with Crippen molar-refractivity contribution in [2.24, 2.45) is 0 Å². The molecule has 0 atom stereocenters. The normalized spacial score (nSPS) is 12.7. The van der Waals surface area contributed by atoms with Crippen LogP contribution in [0.5, 0.6) is 11.5 Å². The Morgan fingerprint density at radius 2 is 1.86 bits per heavy atom. The molecule has 0 unspecified atom stereocenters. The summed E-state index contributed by atoms with van der Waals surface area (Å²) in [5.74, 6) is 0.429. The summed E-state index contributed by atoms with van der Waals surface area (Å²) in [5.41, 5.74) is 1.21.